The third-order valence-corrected chi connectivity index (χ3v) is 6.63. The van der Waals surface area contributed by atoms with Crippen molar-refractivity contribution in [2.45, 2.75) is 38.2 Å². The first-order chi connectivity index (χ1) is 15.7. The maximum Gasteiger partial charge on any atom is 0.303 e. The van der Waals surface area contributed by atoms with Gasteiger partial charge in [-0.1, -0.05) is 90.1 Å². The highest BCUT2D eigenvalue weighted by atomic mass is 16.6. The fourth-order valence-corrected chi connectivity index (χ4v) is 4.99. The fraction of sp³-hybridized carbons (Fsp3) is 0.357. The molecule has 0 heterocycles. The highest BCUT2D eigenvalue weighted by molar-refractivity contribution is 5.66. The van der Waals surface area contributed by atoms with Gasteiger partial charge in [-0.05, 0) is 54.6 Å². The maximum atomic E-state index is 10.6. The summed E-state index contributed by atoms with van der Waals surface area (Å²) in [6.45, 7) is 0. The van der Waals surface area contributed by atoms with Gasteiger partial charge >= 0.3 is 5.97 Å². The molecule has 2 aromatic carbocycles. The van der Waals surface area contributed by atoms with Gasteiger partial charge in [-0.25, -0.2) is 0 Å². The van der Waals surface area contributed by atoms with Crippen LogP contribution in [0.1, 0.15) is 49.3 Å². The normalized spacial score (nSPS) is 24.2. The van der Waals surface area contributed by atoms with E-state index in [-0.39, 0.29) is 12.5 Å². The number of oxime groups is 1. The SMILES string of the molecule is O=C(O)CCC/C=C\C[C@H]1C2C=CC(C2)[C@@H]1/C=N/OC(c1ccccc1)c1ccccc1. The largest absolute Gasteiger partial charge is 0.481 e. The van der Waals surface area contributed by atoms with E-state index >= 15 is 0 Å². The molecule has 0 radical (unpaired) electrons. The Bertz CT molecular complexity index is 912. The number of benzene rings is 2. The first kappa shape index (κ1) is 22.1. The van der Waals surface area contributed by atoms with Crippen LogP contribution in [0.2, 0.25) is 0 Å². The third kappa shape index (κ3) is 5.56. The molecule has 0 aromatic heterocycles. The van der Waals surface area contributed by atoms with Crippen LogP contribution >= 0.6 is 0 Å². The number of nitrogens with zero attached hydrogens (tertiary/aromatic N) is 1. The van der Waals surface area contributed by atoms with E-state index in [1.54, 1.807) is 0 Å². The van der Waals surface area contributed by atoms with Crippen molar-refractivity contribution in [2.75, 3.05) is 0 Å². The minimum atomic E-state index is -0.725. The molecule has 4 nitrogen and oxygen atoms in total. The van der Waals surface area contributed by atoms with E-state index in [0.717, 1.165) is 24.0 Å². The van der Waals surface area contributed by atoms with Crippen LogP contribution in [0.4, 0.5) is 0 Å². The zero-order valence-corrected chi connectivity index (χ0v) is 18.3. The standard InChI is InChI=1S/C28H31NO3/c30-27(31)16-10-2-1-9-15-25-23-17-18-24(19-23)26(25)20-29-32-28(21-11-5-3-6-12-21)22-13-7-4-8-14-22/h1,3-9,11-14,17-18,20,23-26,28H,2,10,15-16,19H2,(H,30,31)/b9-1-,29-20+/t23?,24?,25-,26-/m0/s1. The number of unbranched alkanes of at least 4 members (excludes halogenated alkanes) is 1. The van der Waals surface area contributed by atoms with Crippen LogP contribution in [0, 0.1) is 23.7 Å². The van der Waals surface area contributed by atoms with Crippen molar-refractivity contribution < 1.29 is 14.7 Å². The van der Waals surface area contributed by atoms with Crippen LogP contribution in [0.3, 0.4) is 0 Å². The lowest BCUT2D eigenvalue weighted by molar-refractivity contribution is -0.137. The van der Waals surface area contributed by atoms with Gasteiger partial charge in [0.25, 0.3) is 0 Å². The predicted molar refractivity (Wildman–Crippen MR) is 127 cm³/mol. The van der Waals surface area contributed by atoms with Gasteiger partial charge in [0.05, 0.1) is 0 Å². The summed E-state index contributed by atoms with van der Waals surface area (Å²) in [5.41, 5.74) is 2.18. The molecule has 2 aliphatic rings. The molecule has 2 unspecified atom stereocenters. The van der Waals surface area contributed by atoms with Crippen molar-refractivity contribution in [1.82, 2.24) is 0 Å². The van der Waals surface area contributed by atoms with Crippen LogP contribution in [0.5, 0.6) is 0 Å². The van der Waals surface area contributed by atoms with Crippen molar-refractivity contribution in [3.05, 3.63) is 96.1 Å². The number of rotatable bonds is 11. The molecule has 0 amide bonds. The van der Waals surface area contributed by atoms with E-state index in [4.69, 9.17) is 9.94 Å². The Kier molecular flexibility index (Phi) is 7.55. The summed E-state index contributed by atoms with van der Waals surface area (Å²) in [7, 11) is 0. The Morgan fingerprint density at radius 1 is 1.00 bits per heavy atom. The van der Waals surface area contributed by atoms with Crippen LogP contribution < -0.4 is 0 Å². The molecular formula is C28H31NO3. The van der Waals surface area contributed by atoms with Crippen molar-refractivity contribution >= 4 is 12.2 Å². The van der Waals surface area contributed by atoms with E-state index in [0.29, 0.717) is 30.1 Å². The molecule has 2 aromatic rings. The quantitative estimate of drug-likeness (QED) is 0.194. The summed E-state index contributed by atoms with van der Waals surface area (Å²) in [6.07, 6.45) is 14.8. The zero-order chi connectivity index (χ0) is 22.2. The van der Waals surface area contributed by atoms with Gasteiger partial charge in [0.15, 0.2) is 6.10 Å². The number of fused-ring (bicyclic) bond motifs is 2. The molecule has 1 fully saturated rings. The number of hydrogen-bond donors (Lipinski definition) is 1. The number of hydrogen-bond acceptors (Lipinski definition) is 3. The van der Waals surface area contributed by atoms with Crippen LogP contribution in [0.25, 0.3) is 0 Å². The Hall–Kier alpha value is -3.14. The molecule has 2 aliphatic carbocycles. The molecule has 2 bridgehead atoms. The number of carbonyl (C=O) groups is 1. The van der Waals surface area contributed by atoms with Gasteiger partial charge in [0.2, 0.25) is 0 Å². The first-order valence-corrected chi connectivity index (χ1v) is 11.6. The van der Waals surface area contributed by atoms with Crippen LogP contribution in [-0.2, 0) is 9.63 Å². The van der Waals surface area contributed by atoms with Crippen molar-refractivity contribution in [3.63, 3.8) is 0 Å². The molecule has 32 heavy (non-hydrogen) atoms. The molecule has 1 N–H and O–H groups in total. The Morgan fingerprint density at radius 2 is 1.66 bits per heavy atom. The topological polar surface area (TPSA) is 58.9 Å². The summed E-state index contributed by atoms with van der Waals surface area (Å²) in [5.74, 6) is 1.31. The van der Waals surface area contributed by atoms with Crippen LogP contribution in [-0.4, -0.2) is 17.3 Å². The highest BCUT2D eigenvalue weighted by Gasteiger charge is 2.43. The lowest BCUT2D eigenvalue weighted by atomic mass is 9.81. The van der Waals surface area contributed by atoms with Gasteiger partial charge in [-0.2, -0.15) is 0 Å². The van der Waals surface area contributed by atoms with Crippen molar-refractivity contribution in [1.29, 1.82) is 0 Å². The van der Waals surface area contributed by atoms with E-state index in [1.165, 1.54) is 6.42 Å². The monoisotopic (exact) mass is 429 g/mol. The summed E-state index contributed by atoms with van der Waals surface area (Å²) < 4.78 is 0. The summed E-state index contributed by atoms with van der Waals surface area (Å²) in [4.78, 5) is 16.7. The molecular weight excluding hydrogens is 398 g/mol. The molecule has 4 heteroatoms. The Balaban J connectivity index is 1.39. The van der Waals surface area contributed by atoms with Gasteiger partial charge in [0, 0.05) is 18.6 Å². The molecule has 0 aliphatic heterocycles. The fourth-order valence-electron chi connectivity index (χ4n) is 4.99. The lowest BCUT2D eigenvalue weighted by Crippen LogP contribution is -2.20. The van der Waals surface area contributed by atoms with Gasteiger partial charge in [0.1, 0.15) is 0 Å². The predicted octanol–water partition coefficient (Wildman–Crippen LogP) is 6.42. The summed E-state index contributed by atoms with van der Waals surface area (Å²) in [5, 5.41) is 13.3. The number of carboxylic acid groups (broad SMARTS) is 1. The zero-order valence-electron chi connectivity index (χ0n) is 18.3. The average molecular weight is 430 g/mol. The van der Waals surface area contributed by atoms with Crippen molar-refractivity contribution in [3.8, 4) is 0 Å². The lowest BCUT2D eigenvalue weighted by Gasteiger charge is -2.24. The average Bonchev–Trinajstić information content (AvgIpc) is 3.42. The maximum absolute atomic E-state index is 10.6. The number of allylic oxidation sites excluding steroid dienone is 4. The minimum Gasteiger partial charge on any atom is -0.481 e. The molecule has 0 saturated heterocycles. The minimum absolute atomic E-state index is 0.227. The van der Waals surface area contributed by atoms with Crippen LogP contribution in [0.15, 0.2) is 90.1 Å². The Labute approximate surface area is 190 Å². The molecule has 4 atom stereocenters. The first-order valence-electron chi connectivity index (χ1n) is 11.6. The number of aliphatic carboxylic acids is 1. The third-order valence-electron chi connectivity index (χ3n) is 6.63. The highest BCUT2D eigenvalue weighted by Crippen LogP contribution is 2.48. The van der Waals surface area contributed by atoms with E-state index in [2.05, 4.69) is 53.7 Å². The van der Waals surface area contributed by atoms with E-state index in [9.17, 15) is 4.79 Å². The van der Waals surface area contributed by atoms with E-state index in [1.807, 2.05) is 42.6 Å². The Morgan fingerprint density at radius 3 is 2.31 bits per heavy atom. The molecule has 1 saturated carbocycles. The second kappa shape index (κ2) is 10.9. The molecule has 0 spiro atoms. The summed E-state index contributed by atoms with van der Waals surface area (Å²) >= 11 is 0. The van der Waals surface area contributed by atoms with Gasteiger partial charge in [-0.15, -0.1) is 0 Å². The number of carboxylic acids is 1. The summed E-state index contributed by atoms with van der Waals surface area (Å²) in [6, 6.07) is 20.4. The molecule has 166 valence electrons. The smallest absolute Gasteiger partial charge is 0.303 e. The second-order valence-corrected chi connectivity index (χ2v) is 8.74. The van der Waals surface area contributed by atoms with Gasteiger partial charge in [-0.3, -0.25) is 4.79 Å². The second-order valence-electron chi connectivity index (χ2n) is 8.74. The molecule has 4 rings (SSSR count). The van der Waals surface area contributed by atoms with Gasteiger partial charge < -0.3 is 9.94 Å². The van der Waals surface area contributed by atoms with Crippen molar-refractivity contribution in [2.24, 2.45) is 28.8 Å². The van der Waals surface area contributed by atoms with E-state index < -0.39 is 5.97 Å².